The van der Waals surface area contributed by atoms with Gasteiger partial charge >= 0.3 is 12.0 Å². The third kappa shape index (κ3) is 3.63. The van der Waals surface area contributed by atoms with Crippen molar-refractivity contribution in [2.24, 2.45) is 0 Å². The van der Waals surface area contributed by atoms with Gasteiger partial charge < -0.3 is 15.1 Å². The number of aliphatic carboxylic acids is 1. The minimum Gasteiger partial charge on any atom is -0.480 e. The molecule has 1 fully saturated rings. The van der Waals surface area contributed by atoms with Gasteiger partial charge in [0.2, 0.25) is 0 Å². The number of amides is 2. The summed E-state index contributed by atoms with van der Waals surface area (Å²) in [6.07, 6.45) is 2.26. The zero-order valence-electron chi connectivity index (χ0n) is 11.0. The van der Waals surface area contributed by atoms with Crippen molar-refractivity contribution in [1.82, 2.24) is 9.80 Å². The summed E-state index contributed by atoms with van der Waals surface area (Å²) in [5.41, 5.74) is 0. The first-order chi connectivity index (χ1) is 9.06. The molecule has 0 aliphatic carbocycles. The molecule has 0 aromatic carbocycles. The summed E-state index contributed by atoms with van der Waals surface area (Å²) in [6.45, 7) is 5.80. The molecule has 2 amide bonds. The average molecular weight is 288 g/mol. The first-order valence-electron chi connectivity index (χ1n) is 6.20. The number of nitrogens with zero attached hydrogens (tertiary/aromatic N) is 2. The van der Waals surface area contributed by atoms with Crippen molar-refractivity contribution in [3.8, 4) is 0 Å². The van der Waals surface area contributed by atoms with Crippen LogP contribution >= 0.6 is 11.8 Å². The van der Waals surface area contributed by atoms with E-state index < -0.39 is 12.0 Å². The molecule has 1 rings (SSSR count). The van der Waals surface area contributed by atoms with Gasteiger partial charge in [0.1, 0.15) is 6.04 Å². The van der Waals surface area contributed by atoms with Gasteiger partial charge in [-0.15, -0.1) is 18.3 Å². The Bertz CT molecular complexity index is 351. The van der Waals surface area contributed by atoms with E-state index in [2.05, 4.69) is 6.58 Å². The van der Waals surface area contributed by atoms with Crippen LogP contribution in [-0.4, -0.2) is 68.9 Å². The second-order valence-electron chi connectivity index (χ2n) is 4.20. The number of hydrogen-bond acceptors (Lipinski definition) is 4. The number of urea groups is 1. The first-order valence-corrected chi connectivity index (χ1v) is 7.25. The van der Waals surface area contributed by atoms with E-state index >= 15 is 0 Å². The number of thioether (sulfide) groups is 1. The Morgan fingerprint density at radius 1 is 1.58 bits per heavy atom. The summed E-state index contributed by atoms with van der Waals surface area (Å²) in [5.74, 6) is -0.583. The minimum atomic E-state index is -0.987. The number of carbonyl (C=O) groups excluding carboxylic acids is 1. The highest BCUT2D eigenvalue weighted by Crippen LogP contribution is 2.32. The highest BCUT2D eigenvalue weighted by Gasteiger charge is 2.42. The molecule has 6 nitrogen and oxygen atoms in total. The summed E-state index contributed by atoms with van der Waals surface area (Å²) in [5, 5.41) is 18.1. The summed E-state index contributed by atoms with van der Waals surface area (Å²) < 4.78 is 0. The number of carbonyl (C=O) groups is 2. The molecule has 1 saturated heterocycles. The third-order valence-electron chi connectivity index (χ3n) is 2.94. The smallest absolute Gasteiger partial charge is 0.327 e. The van der Waals surface area contributed by atoms with E-state index in [1.165, 1.54) is 21.6 Å². The van der Waals surface area contributed by atoms with E-state index in [9.17, 15) is 14.7 Å². The van der Waals surface area contributed by atoms with Crippen molar-refractivity contribution in [3.05, 3.63) is 12.7 Å². The Balaban J connectivity index is 2.89. The van der Waals surface area contributed by atoms with Gasteiger partial charge in [-0.2, -0.15) is 0 Å². The largest absolute Gasteiger partial charge is 0.480 e. The molecule has 108 valence electrons. The van der Waals surface area contributed by atoms with Gasteiger partial charge in [-0.05, 0) is 6.42 Å². The molecule has 0 aromatic rings. The van der Waals surface area contributed by atoms with Crippen LogP contribution in [0.5, 0.6) is 0 Å². The van der Waals surface area contributed by atoms with Gasteiger partial charge in [-0.1, -0.05) is 13.0 Å². The maximum atomic E-state index is 12.4. The molecule has 2 atom stereocenters. The van der Waals surface area contributed by atoms with Gasteiger partial charge in [0.15, 0.2) is 0 Å². The van der Waals surface area contributed by atoms with Crippen LogP contribution in [0.2, 0.25) is 0 Å². The van der Waals surface area contributed by atoms with Gasteiger partial charge in [-0.25, -0.2) is 9.59 Å². The van der Waals surface area contributed by atoms with Crippen molar-refractivity contribution in [2.45, 2.75) is 24.8 Å². The predicted octanol–water partition coefficient (Wildman–Crippen LogP) is 0.825. The Morgan fingerprint density at radius 2 is 2.26 bits per heavy atom. The molecule has 0 spiro atoms. The van der Waals surface area contributed by atoms with Crippen LogP contribution in [-0.2, 0) is 4.79 Å². The number of carboxylic acid groups (broad SMARTS) is 1. The Kier molecular flexibility index (Phi) is 6.17. The fourth-order valence-corrected chi connectivity index (χ4v) is 3.37. The van der Waals surface area contributed by atoms with Crippen molar-refractivity contribution in [1.29, 1.82) is 0 Å². The lowest BCUT2D eigenvalue weighted by atomic mass is 10.2. The van der Waals surface area contributed by atoms with Crippen LogP contribution in [0.4, 0.5) is 4.79 Å². The average Bonchev–Trinajstić information content (AvgIpc) is 2.81. The topological polar surface area (TPSA) is 81.1 Å². The number of aliphatic hydroxyl groups is 1. The molecule has 7 heteroatoms. The zero-order chi connectivity index (χ0) is 14.4. The van der Waals surface area contributed by atoms with Crippen LogP contribution in [0.3, 0.4) is 0 Å². The van der Waals surface area contributed by atoms with Gasteiger partial charge in [0.05, 0.1) is 12.0 Å². The van der Waals surface area contributed by atoms with E-state index in [4.69, 9.17) is 5.11 Å². The minimum absolute atomic E-state index is 0.125. The maximum Gasteiger partial charge on any atom is 0.327 e. The molecule has 0 radical (unpaired) electrons. The molecule has 2 N–H and O–H groups in total. The van der Waals surface area contributed by atoms with Crippen LogP contribution in [0.15, 0.2) is 12.7 Å². The summed E-state index contributed by atoms with van der Waals surface area (Å²) in [4.78, 5) is 26.5. The van der Waals surface area contributed by atoms with Crippen molar-refractivity contribution < 1.29 is 19.8 Å². The number of carboxylic acids is 1. The van der Waals surface area contributed by atoms with Gasteiger partial charge in [0.25, 0.3) is 0 Å². The normalized spacial score (nSPS) is 22.3. The summed E-state index contributed by atoms with van der Waals surface area (Å²) in [7, 11) is 0. The van der Waals surface area contributed by atoms with Crippen LogP contribution < -0.4 is 0 Å². The van der Waals surface area contributed by atoms with Crippen molar-refractivity contribution >= 4 is 23.8 Å². The van der Waals surface area contributed by atoms with E-state index in [1.807, 2.05) is 6.92 Å². The van der Waals surface area contributed by atoms with E-state index in [1.54, 1.807) is 6.08 Å². The van der Waals surface area contributed by atoms with Gasteiger partial charge in [0, 0.05) is 18.8 Å². The molecule has 19 heavy (non-hydrogen) atoms. The second-order valence-corrected chi connectivity index (χ2v) is 5.41. The maximum absolute atomic E-state index is 12.4. The highest BCUT2D eigenvalue weighted by molar-refractivity contribution is 8.00. The molecule has 1 aliphatic heterocycles. The lowest BCUT2D eigenvalue weighted by molar-refractivity contribution is -0.141. The SMILES string of the molecule is C=CCN(CCO)C(=O)N1C(CC)SCC1C(=O)O. The van der Waals surface area contributed by atoms with Crippen LogP contribution in [0.1, 0.15) is 13.3 Å². The molecule has 1 aliphatic rings. The molecule has 0 aromatic heterocycles. The number of aliphatic hydroxyl groups excluding tert-OH is 1. The third-order valence-corrected chi connectivity index (χ3v) is 4.39. The highest BCUT2D eigenvalue weighted by atomic mass is 32.2. The fraction of sp³-hybridized carbons (Fsp3) is 0.667. The second kappa shape index (κ2) is 7.40. The van der Waals surface area contributed by atoms with E-state index in [0.29, 0.717) is 18.7 Å². The Morgan fingerprint density at radius 3 is 2.74 bits per heavy atom. The molecular weight excluding hydrogens is 268 g/mol. The quantitative estimate of drug-likeness (QED) is 0.707. The zero-order valence-corrected chi connectivity index (χ0v) is 11.8. The monoisotopic (exact) mass is 288 g/mol. The fourth-order valence-electron chi connectivity index (χ4n) is 2.03. The van der Waals surface area contributed by atoms with Crippen molar-refractivity contribution in [3.63, 3.8) is 0 Å². The molecule has 0 bridgehead atoms. The molecule has 0 saturated carbocycles. The van der Waals surface area contributed by atoms with Crippen LogP contribution in [0, 0.1) is 0 Å². The van der Waals surface area contributed by atoms with E-state index in [-0.39, 0.29) is 24.6 Å². The predicted molar refractivity (Wildman–Crippen MR) is 74.1 cm³/mol. The van der Waals surface area contributed by atoms with Crippen molar-refractivity contribution in [2.75, 3.05) is 25.4 Å². The molecular formula is C12H20N2O4S. The first kappa shape index (κ1) is 15.8. The number of hydrogen-bond donors (Lipinski definition) is 2. The Labute approximate surface area is 117 Å². The lowest BCUT2D eigenvalue weighted by Crippen LogP contribution is -2.52. The number of rotatable bonds is 6. The summed E-state index contributed by atoms with van der Waals surface area (Å²) in [6, 6.07) is -1.15. The lowest BCUT2D eigenvalue weighted by Gasteiger charge is -2.32. The van der Waals surface area contributed by atoms with Crippen LogP contribution in [0.25, 0.3) is 0 Å². The molecule has 2 unspecified atom stereocenters. The van der Waals surface area contributed by atoms with E-state index in [0.717, 1.165) is 0 Å². The molecule has 1 heterocycles. The summed E-state index contributed by atoms with van der Waals surface area (Å²) >= 11 is 1.48. The Hall–Kier alpha value is -1.21. The van der Waals surface area contributed by atoms with Gasteiger partial charge in [-0.3, -0.25) is 4.90 Å². The standard InChI is InChI=1S/C12H20N2O4S/c1-3-5-13(6-7-15)12(18)14-9(11(16)17)8-19-10(14)4-2/h3,9-10,15H,1,4-8H2,2H3,(H,16,17).